The van der Waals surface area contributed by atoms with Crippen LogP contribution in [0.3, 0.4) is 0 Å². The number of nitrogens with zero attached hydrogens (tertiary/aromatic N) is 2. The molecule has 25 heavy (non-hydrogen) atoms. The Morgan fingerprint density at radius 3 is 3.00 bits per heavy atom. The minimum Gasteiger partial charge on any atom is -0.338 e. The van der Waals surface area contributed by atoms with Crippen molar-refractivity contribution in [1.29, 1.82) is 0 Å². The van der Waals surface area contributed by atoms with E-state index in [2.05, 4.69) is 40.0 Å². The largest absolute Gasteiger partial charge is 0.338 e. The van der Waals surface area contributed by atoms with Gasteiger partial charge < -0.3 is 10.6 Å². The molecular weight excluding hydrogens is 312 g/mol. The number of benzene rings is 1. The van der Waals surface area contributed by atoms with Crippen molar-refractivity contribution >= 4 is 6.03 Å². The van der Waals surface area contributed by atoms with E-state index >= 15 is 0 Å². The number of aryl methyl sites for hydroxylation is 2. The van der Waals surface area contributed by atoms with E-state index in [0.29, 0.717) is 17.9 Å². The molecule has 0 saturated heterocycles. The van der Waals surface area contributed by atoms with Gasteiger partial charge in [0, 0.05) is 31.2 Å². The summed E-state index contributed by atoms with van der Waals surface area (Å²) in [5.41, 5.74) is 5.71. The van der Waals surface area contributed by atoms with Crippen molar-refractivity contribution in [3.05, 3.63) is 52.8 Å². The number of fused-ring (bicyclic) bond motifs is 2. The zero-order valence-corrected chi connectivity index (χ0v) is 15.0. The van der Waals surface area contributed by atoms with Crippen LogP contribution < -0.4 is 10.6 Å². The lowest BCUT2D eigenvalue weighted by Crippen LogP contribution is -2.38. The Balaban J connectivity index is 1.22. The van der Waals surface area contributed by atoms with Gasteiger partial charge in [-0.1, -0.05) is 24.3 Å². The molecule has 5 heteroatoms. The smallest absolute Gasteiger partial charge is 0.314 e. The van der Waals surface area contributed by atoms with Crippen LogP contribution in [0.5, 0.6) is 0 Å². The van der Waals surface area contributed by atoms with Gasteiger partial charge in [-0.2, -0.15) is 5.10 Å². The second-order valence-corrected chi connectivity index (χ2v) is 7.48. The molecule has 1 spiro atoms. The standard InChI is InChI=1S/C20H26N4O/c1-14-16(12-23-24(14)2)8-10-21-19(25)22-13-17-11-20(17)9-7-15-5-3-4-6-18(15)20/h3-6,12,17H,7-11,13H2,1-2H3,(H2,21,22,25)/t17-,20-/m1/s1. The molecule has 2 aliphatic carbocycles. The lowest BCUT2D eigenvalue weighted by Gasteiger charge is -2.12. The molecule has 0 unspecified atom stereocenters. The Kier molecular flexibility index (Phi) is 4.02. The molecule has 2 aromatic rings. The maximum absolute atomic E-state index is 12.1. The number of carbonyl (C=O) groups excluding carboxylic acids is 1. The lowest BCUT2D eigenvalue weighted by molar-refractivity contribution is 0.240. The zero-order chi connectivity index (χ0) is 17.4. The molecule has 1 aromatic carbocycles. The Morgan fingerprint density at radius 2 is 2.20 bits per heavy atom. The fraction of sp³-hybridized carbons (Fsp3) is 0.500. The van der Waals surface area contributed by atoms with Crippen LogP contribution in [0.4, 0.5) is 4.79 Å². The van der Waals surface area contributed by atoms with Gasteiger partial charge in [0.05, 0.1) is 6.20 Å². The van der Waals surface area contributed by atoms with Crippen molar-refractivity contribution in [2.24, 2.45) is 13.0 Å². The average molecular weight is 338 g/mol. The first-order chi connectivity index (χ1) is 12.1. The molecule has 2 aliphatic rings. The van der Waals surface area contributed by atoms with E-state index in [1.54, 1.807) is 0 Å². The molecule has 2 amide bonds. The highest BCUT2D eigenvalue weighted by Crippen LogP contribution is 2.61. The minimum atomic E-state index is -0.0603. The van der Waals surface area contributed by atoms with Gasteiger partial charge in [-0.25, -0.2) is 4.79 Å². The van der Waals surface area contributed by atoms with Crippen molar-refractivity contribution in [3.63, 3.8) is 0 Å². The SMILES string of the molecule is Cc1c(CCNC(=O)NC[C@H]2C[C@]23CCc2ccccc23)cnn1C. The van der Waals surface area contributed by atoms with Gasteiger partial charge in [0.15, 0.2) is 0 Å². The molecule has 2 atom stereocenters. The Bertz CT molecular complexity index is 797. The van der Waals surface area contributed by atoms with Gasteiger partial charge in [-0.3, -0.25) is 4.68 Å². The highest BCUT2D eigenvalue weighted by Gasteiger charge is 2.57. The quantitative estimate of drug-likeness (QED) is 0.880. The predicted octanol–water partition coefficient (Wildman–Crippen LogP) is 2.47. The zero-order valence-electron chi connectivity index (χ0n) is 15.0. The van der Waals surface area contributed by atoms with Gasteiger partial charge in [-0.15, -0.1) is 0 Å². The first-order valence-electron chi connectivity index (χ1n) is 9.18. The molecule has 4 rings (SSSR count). The molecule has 0 radical (unpaired) electrons. The third kappa shape index (κ3) is 2.92. The fourth-order valence-corrected chi connectivity index (χ4v) is 4.38. The van der Waals surface area contributed by atoms with E-state index in [0.717, 1.165) is 18.7 Å². The number of aromatic nitrogens is 2. The number of rotatable bonds is 5. The van der Waals surface area contributed by atoms with Gasteiger partial charge in [0.25, 0.3) is 0 Å². The summed E-state index contributed by atoms with van der Waals surface area (Å²) in [7, 11) is 1.94. The maximum atomic E-state index is 12.1. The van der Waals surface area contributed by atoms with E-state index < -0.39 is 0 Å². The van der Waals surface area contributed by atoms with E-state index in [1.807, 2.05) is 24.9 Å². The van der Waals surface area contributed by atoms with Crippen LogP contribution in [0.1, 0.15) is 35.2 Å². The first kappa shape index (κ1) is 16.2. The Morgan fingerprint density at radius 1 is 1.36 bits per heavy atom. The molecule has 1 aromatic heterocycles. The van der Waals surface area contributed by atoms with Crippen LogP contribution in [-0.2, 0) is 25.3 Å². The summed E-state index contributed by atoms with van der Waals surface area (Å²) < 4.78 is 1.86. The van der Waals surface area contributed by atoms with E-state index in [4.69, 9.17) is 0 Å². The number of urea groups is 1. The highest BCUT2D eigenvalue weighted by molar-refractivity contribution is 5.73. The first-order valence-corrected chi connectivity index (χ1v) is 9.18. The molecular formula is C20H26N4O. The van der Waals surface area contributed by atoms with Crippen LogP contribution in [-0.4, -0.2) is 28.9 Å². The maximum Gasteiger partial charge on any atom is 0.314 e. The number of amides is 2. The van der Waals surface area contributed by atoms with Crippen LogP contribution >= 0.6 is 0 Å². The van der Waals surface area contributed by atoms with Gasteiger partial charge >= 0.3 is 6.03 Å². The number of hydrogen-bond acceptors (Lipinski definition) is 2. The monoisotopic (exact) mass is 338 g/mol. The van der Waals surface area contributed by atoms with Gasteiger partial charge in [-0.05, 0) is 55.2 Å². The summed E-state index contributed by atoms with van der Waals surface area (Å²) in [5, 5.41) is 10.3. The average Bonchev–Trinajstić information content (AvgIpc) is 3.08. The summed E-state index contributed by atoms with van der Waals surface area (Å²) in [5.74, 6) is 0.586. The highest BCUT2D eigenvalue weighted by atomic mass is 16.2. The summed E-state index contributed by atoms with van der Waals surface area (Å²) in [6.45, 7) is 3.46. The summed E-state index contributed by atoms with van der Waals surface area (Å²) in [4.78, 5) is 12.1. The van der Waals surface area contributed by atoms with Crippen molar-refractivity contribution < 1.29 is 4.79 Å². The van der Waals surface area contributed by atoms with Crippen LogP contribution in [0.25, 0.3) is 0 Å². The van der Waals surface area contributed by atoms with Crippen molar-refractivity contribution in [2.75, 3.05) is 13.1 Å². The second kappa shape index (κ2) is 6.21. The number of hydrogen-bond donors (Lipinski definition) is 2. The van der Waals surface area contributed by atoms with E-state index in [1.165, 1.54) is 36.0 Å². The molecule has 132 valence electrons. The molecule has 1 fully saturated rings. The predicted molar refractivity (Wildman–Crippen MR) is 97.6 cm³/mol. The van der Waals surface area contributed by atoms with E-state index in [-0.39, 0.29) is 6.03 Å². The second-order valence-electron chi connectivity index (χ2n) is 7.48. The molecule has 1 heterocycles. The molecule has 0 aliphatic heterocycles. The molecule has 1 saturated carbocycles. The van der Waals surface area contributed by atoms with Crippen molar-refractivity contribution in [3.8, 4) is 0 Å². The van der Waals surface area contributed by atoms with E-state index in [9.17, 15) is 4.79 Å². The lowest BCUT2D eigenvalue weighted by atomic mass is 9.95. The topological polar surface area (TPSA) is 59.0 Å². The number of nitrogens with one attached hydrogen (secondary N) is 2. The summed E-state index contributed by atoms with van der Waals surface area (Å²) >= 11 is 0. The summed E-state index contributed by atoms with van der Waals surface area (Å²) in [6, 6.07) is 8.74. The molecule has 5 nitrogen and oxygen atoms in total. The Hall–Kier alpha value is -2.30. The van der Waals surface area contributed by atoms with Crippen molar-refractivity contribution in [2.45, 2.75) is 38.0 Å². The van der Waals surface area contributed by atoms with Gasteiger partial charge in [0.1, 0.15) is 0 Å². The van der Waals surface area contributed by atoms with Crippen molar-refractivity contribution in [1.82, 2.24) is 20.4 Å². The normalized spacial score (nSPS) is 23.5. The third-order valence-corrected chi connectivity index (χ3v) is 6.15. The minimum absolute atomic E-state index is 0.0603. The van der Waals surface area contributed by atoms with Crippen LogP contribution in [0, 0.1) is 12.8 Å². The molecule has 2 N–H and O–H groups in total. The summed E-state index contributed by atoms with van der Waals surface area (Å²) in [6.07, 6.45) is 6.32. The van der Waals surface area contributed by atoms with Gasteiger partial charge in [0.2, 0.25) is 0 Å². The third-order valence-electron chi connectivity index (χ3n) is 6.15. The van der Waals surface area contributed by atoms with Crippen LogP contribution in [0.2, 0.25) is 0 Å². The Labute approximate surface area is 148 Å². The molecule has 0 bridgehead atoms. The number of carbonyl (C=O) groups is 1. The fourth-order valence-electron chi connectivity index (χ4n) is 4.38. The van der Waals surface area contributed by atoms with Crippen LogP contribution in [0.15, 0.2) is 30.5 Å².